The highest BCUT2D eigenvalue weighted by Gasteiger charge is 2.41. The molecule has 4 aromatic rings. The van der Waals surface area contributed by atoms with Crippen LogP contribution in [0.4, 0.5) is 5.95 Å². The highest BCUT2D eigenvalue weighted by Crippen LogP contribution is 2.52. The maximum Gasteiger partial charge on any atom is 0.226 e. The minimum Gasteiger partial charge on any atom is -0.493 e. The van der Waals surface area contributed by atoms with Crippen molar-refractivity contribution < 1.29 is 18.9 Å². The molecule has 2 aliphatic rings. The summed E-state index contributed by atoms with van der Waals surface area (Å²) in [6.07, 6.45) is 4.67. The average molecular weight is 470 g/mol. The Morgan fingerprint density at radius 1 is 0.943 bits per heavy atom. The van der Waals surface area contributed by atoms with Crippen molar-refractivity contribution in [1.82, 2.24) is 19.7 Å². The number of rotatable bonds is 5. The number of pyridine rings is 1. The first kappa shape index (κ1) is 21.0. The third kappa shape index (κ3) is 3.27. The first-order valence-electron chi connectivity index (χ1n) is 11.1. The molecular formula is C26H23N5O4. The summed E-state index contributed by atoms with van der Waals surface area (Å²) >= 11 is 0. The van der Waals surface area contributed by atoms with Crippen LogP contribution in [0.15, 0.2) is 72.8 Å². The van der Waals surface area contributed by atoms with E-state index in [9.17, 15) is 0 Å². The minimum atomic E-state index is -0.483. The number of ether oxygens (including phenoxy) is 4. The Hall–Kier alpha value is -4.53. The Morgan fingerprint density at radius 2 is 1.74 bits per heavy atom. The summed E-state index contributed by atoms with van der Waals surface area (Å²) in [5.74, 6) is 3.03. The molecule has 0 amide bonds. The van der Waals surface area contributed by atoms with E-state index >= 15 is 0 Å². The zero-order valence-electron chi connectivity index (χ0n) is 19.4. The van der Waals surface area contributed by atoms with Crippen LogP contribution in [0, 0.1) is 0 Å². The lowest BCUT2D eigenvalue weighted by Crippen LogP contribution is -2.32. The summed E-state index contributed by atoms with van der Waals surface area (Å²) in [6.45, 7) is 0. The molecule has 35 heavy (non-hydrogen) atoms. The molecule has 6 rings (SSSR count). The van der Waals surface area contributed by atoms with Crippen LogP contribution < -0.4 is 24.3 Å². The highest BCUT2D eigenvalue weighted by molar-refractivity contribution is 5.85. The molecule has 1 N–H and O–H groups in total. The Morgan fingerprint density at radius 3 is 2.46 bits per heavy atom. The SMILES string of the molecule is COc1cc([C@H]2Oc3ccccc3C3=C2[C@@H](c2cccnc2)n2ncnc2N3)cc(OC)c1OC. The number of nitrogens with zero attached hydrogens (tertiary/aromatic N) is 4. The number of fused-ring (bicyclic) bond motifs is 3. The second-order valence-corrected chi connectivity index (χ2v) is 8.13. The lowest BCUT2D eigenvalue weighted by Gasteiger charge is -2.39. The molecule has 2 aliphatic heterocycles. The van der Waals surface area contributed by atoms with Gasteiger partial charge in [0.2, 0.25) is 11.7 Å². The lowest BCUT2D eigenvalue weighted by molar-refractivity contribution is 0.221. The van der Waals surface area contributed by atoms with Crippen molar-refractivity contribution in [3.63, 3.8) is 0 Å². The first-order valence-corrected chi connectivity index (χ1v) is 11.1. The third-order valence-corrected chi connectivity index (χ3v) is 6.31. The van der Waals surface area contributed by atoms with Crippen LogP contribution in [0.5, 0.6) is 23.0 Å². The molecule has 0 aliphatic carbocycles. The van der Waals surface area contributed by atoms with E-state index in [2.05, 4.69) is 20.4 Å². The molecule has 2 aromatic carbocycles. The maximum atomic E-state index is 6.67. The summed E-state index contributed by atoms with van der Waals surface area (Å²) in [7, 11) is 4.79. The van der Waals surface area contributed by atoms with Crippen molar-refractivity contribution in [1.29, 1.82) is 0 Å². The largest absolute Gasteiger partial charge is 0.493 e. The van der Waals surface area contributed by atoms with Crippen LogP contribution in [0.25, 0.3) is 5.70 Å². The molecule has 0 spiro atoms. The van der Waals surface area contributed by atoms with Crippen LogP contribution in [-0.4, -0.2) is 41.1 Å². The minimum absolute atomic E-state index is 0.296. The molecule has 2 aromatic heterocycles. The smallest absolute Gasteiger partial charge is 0.226 e. The van der Waals surface area contributed by atoms with E-state index in [1.165, 1.54) is 0 Å². The average Bonchev–Trinajstić information content (AvgIpc) is 3.39. The molecule has 9 nitrogen and oxygen atoms in total. The summed E-state index contributed by atoms with van der Waals surface area (Å²) in [6, 6.07) is 15.4. The van der Waals surface area contributed by atoms with Gasteiger partial charge in [-0.1, -0.05) is 18.2 Å². The van der Waals surface area contributed by atoms with E-state index in [0.717, 1.165) is 33.7 Å². The van der Waals surface area contributed by atoms with Crippen LogP contribution in [0.1, 0.15) is 28.8 Å². The Kier molecular flexibility index (Phi) is 5.02. The second-order valence-electron chi connectivity index (χ2n) is 8.13. The molecule has 0 saturated heterocycles. The van der Waals surface area contributed by atoms with E-state index < -0.39 is 6.10 Å². The van der Waals surface area contributed by atoms with E-state index in [4.69, 9.17) is 18.9 Å². The molecule has 176 valence electrons. The van der Waals surface area contributed by atoms with Gasteiger partial charge in [-0.3, -0.25) is 4.98 Å². The van der Waals surface area contributed by atoms with Gasteiger partial charge in [0.25, 0.3) is 0 Å². The summed E-state index contributed by atoms with van der Waals surface area (Å²) in [5, 5.41) is 8.04. The second kappa shape index (κ2) is 8.35. The number of para-hydroxylation sites is 1. The van der Waals surface area contributed by atoms with Crippen molar-refractivity contribution in [2.24, 2.45) is 0 Å². The topological polar surface area (TPSA) is 92.6 Å². The van der Waals surface area contributed by atoms with Gasteiger partial charge in [-0.25, -0.2) is 4.68 Å². The highest BCUT2D eigenvalue weighted by atomic mass is 16.5. The Balaban J connectivity index is 1.62. The standard InChI is InChI=1S/C26H23N5O4/c1-32-19-11-16(12-20(33-2)25(19)34-3)24-21-22(17-8-4-5-9-18(17)35-24)30-26-28-14-29-31(26)23(21)15-7-6-10-27-13-15/h4-14,23-24H,1-3H3,(H,28,29,30)/t23-,24-/m1/s1. The monoisotopic (exact) mass is 469 g/mol. The zero-order chi connectivity index (χ0) is 23.9. The van der Waals surface area contributed by atoms with Crippen molar-refractivity contribution in [2.75, 3.05) is 26.6 Å². The molecular weight excluding hydrogens is 446 g/mol. The van der Waals surface area contributed by atoms with Crippen LogP contribution in [0.3, 0.4) is 0 Å². The maximum absolute atomic E-state index is 6.67. The molecule has 0 radical (unpaired) electrons. The fraction of sp³-hybridized carbons (Fsp3) is 0.192. The van der Waals surface area contributed by atoms with Gasteiger partial charge >= 0.3 is 0 Å². The summed E-state index contributed by atoms with van der Waals surface area (Å²) in [4.78, 5) is 8.83. The van der Waals surface area contributed by atoms with Gasteiger partial charge < -0.3 is 24.3 Å². The fourth-order valence-electron chi connectivity index (χ4n) is 4.80. The van der Waals surface area contributed by atoms with Crippen LogP contribution in [-0.2, 0) is 0 Å². The van der Waals surface area contributed by atoms with Gasteiger partial charge in [0.1, 0.15) is 24.2 Å². The molecule has 0 bridgehead atoms. The lowest BCUT2D eigenvalue weighted by atomic mass is 9.85. The van der Waals surface area contributed by atoms with Gasteiger partial charge in [0.05, 0.1) is 27.0 Å². The van der Waals surface area contributed by atoms with Crippen molar-refractivity contribution in [2.45, 2.75) is 12.1 Å². The van der Waals surface area contributed by atoms with Crippen molar-refractivity contribution in [3.8, 4) is 23.0 Å². The number of anilines is 1. The molecule has 9 heteroatoms. The van der Waals surface area contributed by atoms with E-state index in [0.29, 0.717) is 23.2 Å². The summed E-state index contributed by atoms with van der Waals surface area (Å²) < 4.78 is 25.4. The molecule has 2 atom stereocenters. The molecule has 0 unspecified atom stereocenters. The van der Waals surface area contributed by atoms with Gasteiger partial charge in [-0.15, -0.1) is 0 Å². The predicted octanol–water partition coefficient (Wildman–Crippen LogP) is 4.26. The summed E-state index contributed by atoms with van der Waals surface area (Å²) in [5.41, 5.74) is 4.67. The van der Waals surface area contributed by atoms with Crippen molar-refractivity contribution in [3.05, 3.63) is 89.5 Å². The van der Waals surface area contributed by atoms with E-state index in [1.807, 2.05) is 59.4 Å². The predicted molar refractivity (Wildman–Crippen MR) is 129 cm³/mol. The first-order chi connectivity index (χ1) is 17.2. The number of benzene rings is 2. The van der Waals surface area contributed by atoms with Gasteiger partial charge in [-0.2, -0.15) is 10.1 Å². The fourth-order valence-corrected chi connectivity index (χ4v) is 4.80. The Bertz CT molecular complexity index is 1410. The normalized spacial score (nSPS) is 17.9. The van der Waals surface area contributed by atoms with Crippen LogP contribution >= 0.6 is 0 Å². The number of hydrogen-bond acceptors (Lipinski definition) is 8. The number of nitrogens with one attached hydrogen (secondary N) is 1. The molecule has 0 saturated carbocycles. The van der Waals surface area contributed by atoms with Gasteiger partial charge in [0.15, 0.2) is 11.5 Å². The third-order valence-electron chi connectivity index (χ3n) is 6.31. The Labute approximate surface area is 202 Å². The quantitative estimate of drug-likeness (QED) is 0.464. The number of methoxy groups -OCH3 is 3. The van der Waals surface area contributed by atoms with Crippen molar-refractivity contribution >= 4 is 11.6 Å². The molecule has 0 fully saturated rings. The van der Waals surface area contributed by atoms with E-state index in [-0.39, 0.29) is 6.04 Å². The van der Waals surface area contributed by atoms with Crippen LogP contribution in [0.2, 0.25) is 0 Å². The van der Waals surface area contributed by atoms with Gasteiger partial charge in [-0.05, 0) is 35.9 Å². The van der Waals surface area contributed by atoms with Gasteiger partial charge in [0, 0.05) is 29.1 Å². The number of aromatic nitrogens is 4. The van der Waals surface area contributed by atoms with E-state index in [1.54, 1.807) is 33.9 Å². The number of hydrogen-bond donors (Lipinski definition) is 1. The zero-order valence-corrected chi connectivity index (χ0v) is 19.4. The molecule has 4 heterocycles.